The van der Waals surface area contributed by atoms with Crippen LogP contribution in [0.4, 0.5) is 0 Å². The third-order valence-corrected chi connectivity index (χ3v) is 2.94. The summed E-state index contributed by atoms with van der Waals surface area (Å²) >= 11 is 0. The lowest BCUT2D eigenvalue weighted by Crippen LogP contribution is -2.32. The van der Waals surface area contributed by atoms with Crippen LogP contribution in [-0.2, 0) is 20.5 Å². The van der Waals surface area contributed by atoms with Gasteiger partial charge in [0, 0.05) is 6.42 Å². The minimum atomic E-state index is 1.07. The fourth-order valence-electron chi connectivity index (χ4n) is 2.16. The molecular weight excluding hydrogens is 172 g/mol. The van der Waals surface area contributed by atoms with E-state index in [1.165, 1.54) is 22.4 Å². The second-order valence-corrected chi connectivity index (χ2v) is 3.88. The van der Waals surface area contributed by atoms with E-state index in [4.69, 9.17) is 0 Å². The van der Waals surface area contributed by atoms with E-state index in [0.29, 0.717) is 0 Å². The minimum absolute atomic E-state index is 1.07. The standard InChI is InChI=1S/C12H17N2/c1-5-12-13(3)10-7-6-9(2)8-11(10)14(12)4/h6-8H,5H2,1-4H3/q+1. The Hall–Kier alpha value is -1.31. The highest BCUT2D eigenvalue weighted by atomic mass is 15.1. The van der Waals surface area contributed by atoms with Crippen molar-refractivity contribution in [3.8, 4) is 0 Å². The predicted octanol–water partition coefficient (Wildman–Crippen LogP) is 1.87. The molecule has 1 aromatic carbocycles. The van der Waals surface area contributed by atoms with Crippen molar-refractivity contribution in [1.82, 2.24) is 4.57 Å². The van der Waals surface area contributed by atoms with Crippen LogP contribution < -0.4 is 4.57 Å². The number of aromatic nitrogens is 2. The Bertz CT molecular complexity index is 481. The van der Waals surface area contributed by atoms with Crippen LogP contribution in [0.3, 0.4) is 0 Å². The molecule has 0 saturated heterocycles. The van der Waals surface area contributed by atoms with Crippen molar-refractivity contribution in [2.45, 2.75) is 20.3 Å². The first-order chi connectivity index (χ1) is 6.65. The third kappa shape index (κ3) is 1.14. The molecule has 1 aromatic heterocycles. The number of rotatable bonds is 1. The Morgan fingerprint density at radius 3 is 2.71 bits per heavy atom. The smallest absolute Gasteiger partial charge is 0.230 e. The van der Waals surface area contributed by atoms with E-state index in [9.17, 15) is 0 Å². The van der Waals surface area contributed by atoms with Gasteiger partial charge >= 0.3 is 0 Å². The Kier molecular flexibility index (Phi) is 2.06. The van der Waals surface area contributed by atoms with Gasteiger partial charge in [-0.3, -0.25) is 0 Å². The van der Waals surface area contributed by atoms with E-state index < -0.39 is 0 Å². The lowest BCUT2D eigenvalue weighted by Gasteiger charge is -1.91. The van der Waals surface area contributed by atoms with Crippen LogP contribution in [0.2, 0.25) is 0 Å². The van der Waals surface area contributed by atoms with Gasteiger partial charge in [0.15, 0.2) is 11.0 Å². The van der Waals surface area contributed by atoms with Gasteiger partial charge in [-0.2, -0.15) is 0 Å². The van der Waals surface area contributed by atoms with Crippen molar-refractivity contribution < 1.29 is 4.57 Å². The molecule has 14 heavy (non-hydrogen) atoms. The maximum absolute atomic E-state index is 2.28. The van der Waals surface area contributed by atoms with Crippen LogP contribution in [-0.4, -0.2) is 4.57 Å². The van der Waals surface area contributed by atoms with Gasteiger partial charge in [-0.05, 0) is 24.6 Å². The molecule has 2 heteroatoms. The number of imidazole rings is 1. The van der Waals surface area contributed by atoms with Gasteiger partial charge in [0.05, 0.1) is 14.1 Å². The molecule has 0 saturated carbocycles. The summed E-state index contributed by atoms with van der Waals surface area (Å²) in [5.41, 5.74) is 3.96. The van der Waals surface area contributed by atoms with Crippen LogP contribution in [0.5, 0.6) is 0 Å². The summed E-state index contributed by atoms with van der Waals surface area (Å²) in [6.45, 7) is 4.33. The number of aryl methyl sites for hydroxylation is 3. The van der Waals surface area contributed by atoms with Crippen molar-refractivity contribution in [3.63, 3.8) is 0 Å². The van der Waals surface area contributed by atoms with Crippen LogP contribution in [0.15, 0.2) is 18.2 Å². The largest absolute Gasteiger partial charge is 0.256 e. The molecule has 0 aliphatic heterocycles. The summed E-state index contributed by atoms with van der Waals surface area (Å²) in [5, 5.41) is 0. The molecule has 1 heterocycles. The molecule has 0 aliphatic rings. The van der Waals surface area contributed by atoms with Gasteiger partial charge in [0.1, 0.15) is 0 Å². The topological polar surface area (TPSA) is 8.81 Å². The lowest BCUT2D eigenvalue weighted by atomic mass is 10.2. The van der Waals surface area contributed by atoms with Gasteiger partial charge in [-0.25, -0.2) is 9.13 Å². The SMILES string of the molecule is CCc1n(C)c2cc(C)ccc2[n+]1C. The van der Waals surface area contributed by atoms with E-state index in [0.717, 1.165) is 6.42 Å². The van der Waals surface area contributed by atoms with Crippen LogP contribution in [0.1, 0.15) is 18.3 Å². The Morgan fingerprint density at radius 1 is 1.36 bits per heavy atom. The fraction of sp³-hybridized carbons (Fsp3) is 0.417. The molecule has 0 unspecified atom stereocenters. The van der Waals surface area contributed by atoms with Crippen molar-refractivity contribution in [1.29, 1.82) is 0 Å². The maximum atomic E-state index is 2.28. The number of fused-ring (bicyclic) bond motifs is 1. The summed E-state index contributed by atoms with van der Waals surface area (Å²) in [5.74, 6) is 1.37. The van der Waals surface area contributed by atoms with Crippen LogP contribution in [0.25, 0.3) is 11.0 Å². The van der Waals surface area contributed by atoms with E-state index in [2.05, 4.69) is 55.3 Å². The molecule has 0 bridgehead atoms. The highest BCUT2D eigenvalue weighted by molar-refractivity contribution is 5.73. The molecule has 74 valence electrons. The molecule has 2 aromatic rings. The Labute approximate surface area is 84.8 Å². The van der Waals surface area contributed by atoms with Gasteiger partial charge in [-0.1, -0.05) is 13.0 Å². The lowest BCUT2D eigenvalue weighted by molar-refractivity contribution is -0.653. The van der Waals surface area contributed by atoms with E-state index >= 15 is 0 Å². The molecular formula is C12H17N2+. The second kappa shape index (κ2) is 3.12. The highest BCUT2D eigenvalue weighted by Crippen LogP contribution is 2.14. The van der Waals surface area contributed by atoms with Crippen molar-refractivity contribution in [2.24, 2.45) is 14.1 Å². The monoisotopic (exact) mass is 189 g/mol. The minimum Gasteiger partial charge on any atom is -0.230 e. The van der Waals surface area contributed by atoms with Gasteiger partial charge in [0.2, 0.25) is 0 Å². The molecule has 0 aliphatic carbocycles. The Balaban J connectivity index is 2.87. The highest BCUT2D eigenvalue weighted by Gasteiger charge is 2.17. The van der Waals surface area contributed by atoms with E-state index in [1.54, 1.807) is 0 Å². The van der Waals surface area contributed by atoms with Crippen molar-refractivity contribution in [2.75, 3.05) is 0 Å². The van der Waals surface area contributed by atoms with Gasteiger partial charge in [-0.15, -0.1) is 0 Å². The summed E-state index contributed by atoms with van der Waals surface area (Å²) in [6, 6.07) is 6.61. The molecule has 0 amide bonds. The zero-order valence-electron chi connectivity index (χ0n) is 9.33. The summed E-state index contributed by atoms with van der Waals surface area (Å²) in [6.07, 6.45) is 1.07. The average molecular weight is 189 g/mol. The number of hydrogen-bond donors (Lipinski definition) is 0. The molecule has 0 fully saturated rings. The zero-order chi connectivity index (χ0) is 10.3. The van der Waals surface area contributed by atoms with Crippen LogP contribution in [0, 0.1) is 6.92 Å². The quantitative estimate of drug-likeness (QED) is 0.606. The normalized spacial score (nSPS) is 11.1. The van der Waals surface area contributed by atoms with Crippen molar-refractivity contribution >= 4 is 11.0 Å². The molecule has 0 atom stereocenters. The third-order valence-electron chi connectivity index (χ3n) is 2.94. The molecule has 2 nitrogen and oxygen atoms in total. The number of hydrogen-bond acceptors (Lipinski definition) is 0. The molecule has 0 radical (unpaired) electrons. The summed E-state index contributed by atoms with van der Waals surface area (Å²) in [7, 11) is 4.27. The molecule has 0 N–H and O–H groups in total. The average Bonchev–Trinajstić information content (AvgIpc) is 2.39. The first kappa shape index (κ1) is 9.25. The van der Waals surface area contributed by atoms with Crippen LogP contribution >= 0.6 is 0 Å². The first-order valence-corrected chi connectivity index (χ1v) is 5.09. The van der Waals surface area contributed by atoms with E-state index in [1.807, 2.05) is 0 Å². The fourth-order valence-corrected chi connectivity index (χ4v) is 2.16. The molecule has 0 spiro atoms. The zero-order valence-corrected chi connectivity index (χ0v) is 9.33. The number of benzene rings is 1. The van der Waals surface area contributed by atoms with E-state index in [-0.39, 0.29) is 0 Å². The molecule has 2 rings (SSSR count). The van der Waals surface area contributed by atoms with Gasteiger partial charge < -0.3 is 0 Å². The summed E-state index contributed by atoms with van der Waals surface area (Å²) in [4.78, 5) is 0. The first-order valence-electron chi connectivity index (χ1n) is 5.09. The van der Waals surface area contributed by atoms with Gasteiger partial charge in [0.25, 0.3) is 5.82 Å². The summed E-state index contributed by atoms with van der Waals surface area (Å²) < 4.78 is 4.55. The number of nitrogens with zero attached hydrogens (tertiary/aromatic N) is 2. The Morgan fingerprint density at radius 2 is 2.07 bits per heavy atom. The second-order valence-electron chi connectivity index (χ2n) is 3.88. The van der Waals surface area contributed by atoms with Crippen molar-refractivity contribution in [3.05, 3.63) is 29.6 Å². The maximum Gasteiger partial charge on any atom is 0.256 e. The predicted molar refractivity (Wildman–Crippen MR) is 58.2 cm³/mol.